The molecule has 7 nitrogen and oxygen atoms in total. The van der Waals surface area contributed by atoms with Crippen LogP contribution in [0.2, 0.25) is 0 Å². The van der Waals surface area contributed by atoms with Gasteiger partial charge in [0.1, 0.15) is 0 Å². The van der Waals surface area contributed by atoms with E-state index in [9.17, 15) is 0 Å². The fourth-order valence-corrected chi connectivity index (χ4v) is 4.28. The number of morpholine rings is 1. The van der Waals surface area contributed by atoms with Crippen LogP contribution in [0, 0.1) is 13.8 Å². The molecule has 3 rings (SSSR count). The standard InChI is InChI=1S/C24H38N6O/c1-18-13-19(2)30(28-18)12-8-11-26-24(25-5)27-14-22-9-6-7-10-23(22)17-29-15-20(3)31-21(4)16-29/h6-7,9-10,13,20-21H,8,11-12,14-17H2,1-5H3,(H2,25,26,27). The normalized spacial score (nSPS) is 20.1. The Morgan fingerprint density at radius 3 is 2.48 bits per heavy atom. The van der Waals surface area contributed by atoms with Crippen molar-refractivity contribution in [3.8, 4) is 0 Å². The summed E-state index contributed by atoms with van der Waals surface area (Å²) in [5.41, 5.74) is 4.94. The first kappa shape index (κ1) is 23.3. The maximum Gasteiger partial charge on any atom is 0.191 e. The highest BCUT2D eigenvalue weighted by molar-refractivity contribution is 5.79. The highest BCUT2D eigenvalue weighted by atomic mass is 16.5. The molecule has 1 aliphatic rings. The smallest absolute Gasteiger partial charge is 0.191 e. The number of hydrogen-bond acceptors (Lipinski definition) is 4. The van der Waals surface area contributed by atoms with E-state index in [-0.39, 0.29) is 12.2 Å². The quantitative estimate of drug-likeness (QED) is 0.386. The molecule has 2 N–H and O–H groups in total. The van der Waals surface area contributed by atoms with Gasteiger partial charge in [0.25, 0.3) is 0 Å². The summed E-state index contributed by atoms with van der Waals surface area (Å²) in [6, 6.07) is 10.8. The predicted molar refractivity (Wildman–Crippen MR) is 126 cm³/mol. The Bertz CT molecular complexity index is 852. The zero-order valence-electron chi connectivity index (χ0n) is 19.7. The third-order valence-corrected chi connectivity index (χ3v) is 5.62. The molecule has 2 aromatic rings. The van der Waals surface area contributed by atoms with Gasteiger partial charge in [-0.25, -0.2) is 0 Å². The highest BCUT2D eigenvalue weighted by Crippen LogP contribution is 2.17. The molecule has 1 aromatic carbocycles. The van der Waals surface area contributed by atoms with Crippen molar-refractivity contribution < 1.29 is 4.74 Å². The Labute approximate surface area is 186 Å². The molecular weight excluding hydrogens is 388 g/mol. The van der Waals surface area contributed by atoms with Crippen LogP contribution < -0.4 is 10.6 Å². The second kappa shape index (κ2) is 11.3. The lowest BCUT2D eigenvalue weighted by atomic mass is 10.1. The van der Waals surface area contributed by atoms with Gasteiger partial charge in [0.05, 0.1) is 17.9 Å². The SMILES string of the molecule is CN=C(NCCCn1nc(C)cc1C)NCc1ccccc1CN1CC(C)OC(C)C1. The summed E-state index contributed by atoms with van der Waals surface area (Å²) < 4.78 is 7.94. The Hall–Kier alpha value is -2.38. The van der Waals surface area contributed by atoms with Crippen LogP contribution in [-0.4, -0.2) is 59.5 Å². The number of guanidine groups is 1. The van der Waals surface area contributed by atoms with Crippen molar-refractivity contribution >= 4 is 5.96 Å². The minimum Gasteiger partial charge on any atom is -0.373 e. The molecule has 0 aliphatic carbocycles. The molecule has 0 spiro atoms. The molecule has 2 atom stereocenters. The van der Waals surface area contributed by atoms with Crippen molar-refractivity contribution in [2.45, 2.75) is 66.0 Å². The topological polar surface area (TPSA) is 66.7 Å². The lowest BCUT2D eigenvalue weighted by Gasteiger charge is -2.35. The van der Waals surface area contributed by atoms with Crippen molar-refractivity contribution in [2.75, 3.05) is 26.7 Å². The maximum atomic E-state index is 5.88. The van der Waals surface area contributed by atoms with Crippen molar-refractivity contribution in [2.24, 2.45) is 4.99 Å². The van der Waals surface area contributed by atoms with E-state index in [4.69, 9.17) is 4.74 Å². The van der Waals surface area contributed by atoms with E-state index in [0.717, 1.165) is 57.3 Å². The third-order valence-electron chi connectivity index (χ3n) is 5.62. The summed E-state index contributed by atoms with van der Waals surface area (Å²) in [5, 5.41) is 11.4. The number of rotatable bonds is 8. The molecule has 0 saturated carbocycles. The number of aryl methyl sites for hydroxylation is 3. The van der Waals surface area contributed by atoms with Crippen molar-refractivity contribution in [1.29, 1.82) is 0 Å². The van der Waals surface area contributed by atoms with Gasteiger partial charge in [-0.2, -0.15) is 5.10 Å². The molecule has 1 aliphatic heterocycles. The molecular formula is C24H38N6O. The van der Waals surface area contributed by atoms with Gasteiger partial charge < -0.3 is 15.4 Å². The molecule has 7 heteroatoms. The van der Waals surface area contributed by atoms with Gasteiger partial charge >= 0.3 is 0 Å². The van der Waals surface area contributed by atoms with Crippen LogP contribution in [-0.2, 0) is 24.4 Å². The van der Waals surface area contributed by atoms with Gasteiger partial charge in [-0.15, -0.1) is 0 Å². The zero-order chi connectivity index (χ0) is 22.2. The lowest BCUT2D eigenvalue weighted by molar-refractivity contribution is -0.0705. The van der Waals surface area contributed by atoms with E-state index < -0.39 is 0 Å². The third kappa shape index (κ3) is 7.08. The van der Waals surface area contributed by atoms with Crippen LogP contribution in [0.5, 0.6) is 0 Å². The maximum absolute atomic E-state index is 5.88. The van der Waals surface area contributed by atoms with Crippen LogP contribution in [0.1, 0.15) is 42.8 Å². The number of nitrogens with zero attached hydrogens (tertiary/aromatic N) is 4. The number of benzene rings is 1. The minimum absolute atomic E-state index is 0.284. The average molecular weight is 427 g/mol. The first-order valence-electron chi connectivity index (χ1n) is 11.3. The number of hydrogen-bond donors (Lipinski definition) is 2. The van der Waals surface area contributed by atoms with Crippen LogP contribution in [0.15, 0.2) is 35.3 Å². The van der Waals surface area contributed by atoms with Crippen LogP contribution >= 0.6 is 0 Å². The van der Waals surface area contributed by atoms with Crippen molar-refractivity contribution in [3.63, 3.8) is 0 Å². The van der Waals surface area contributed by atoms with Crippen LogP contribution in [0.4, 0.5) is 0 Å². The summed E-state index contributed by atoms with van der Waals surface area (Å²) in [5.74, 6) is 0.830. The molecule has 0 amide bonds. The van der Waals surface area contributed by atoms with Gasteiger partial charge in [-0.05, 0) is 51.3 Å². The Kier molecular flexibility index (Phi) is 8.49. The van der Waals surface area contributed by atoms with Crippen LogP contribution in [0.3, 0.4) is 0 Å². The molecule has 2 heterocycles. The fraction of sp³-hybridized carbons (Fsp3) is 0.583. The van der Waals surface area contributed by atoms with E-state index in [1.54, 1.807) is 0 Å². The summed E-state index contributed by atoms with van der Waals surface area (Å²) in [6.07, 6.45) is 1.56. The summed E-state index contributed by atoms with van der Waals surface area (Å²) in [6.45, 7) is 13.9. The largest absolute Gasteiger partial charge is 0.373 e. The summed E-state index contributed by atoms with van der Waals surface area (Å²) in [4.78, 5) is 6.87. The van der Waals surface area contributed by atoms with Gasteiger partial charge in [0.2, 0.25) is 0 Å². The van der Waals surface area contributed by atoms with E-state index in [1.165, 1.54) is 16.8 Å². The second-order valence-corrected chi connectivity index (χ2v) is 8.58. The van der Waals surface area contributed by atoms with E-state index in [0.29, 0.717) is 0 Å². The predicted octanol–water partition coefficient (Wildman–Crippen LogP) is 2.86. The molecule has 1 fully saturated rings. The molecule has 0 bridgehead atoms. The van der Waals surface area contributed by atoms with Gasteiger partial charge in [0.15, 0.2) is 5.96 Å². The molecule has 31 heavy (non-hydrogen) atoms. The van der Waals surface area contributed by atoms with E-state index in [1.807, 2.05) is 14.0 Å². The fourth-order valence-electron chi connectivity index (χ4n) is 4.28. The highest BCUT2D eigenvalue weighted by Gasteiger charge is 2.22. The average Bonchev–Trinajstić information content (AvgIpc) is 3.04. The Balaban J connectivity index is 1.47. The molecule has 1 saturated heterocycles. The van der Waals surface area contributed by atoms with E-state index in [2.05, 4.69) is 81.4 Å². The molecule has 0 radical (unpaired) electrons. The summed E-state index contributed by atoms with van der Waals surface area (Å²) >= 11 is 0. The van der Waals surface area contributed by atoms with Crippen LogP contribution in [0.25, 0.3) is 0 Å². The first-order chi connectivity index (χ1) is 14.9. The van der Waals surface area contributed by atoms with Crippen molar-refractivity contribution in [3.05, 3.63) is 52.8 Å². The van der Waals surface area contributed by atoms with E-state index >= 15 is 0 Å². The molecule has 2 unspecified atom stereocenters. The molecule has 170 valence electrons. The lowest BCUT2D eigenvalue weighted by Crippen LogP contribution is -2.45. The number of aliphatic imine (C=N–C) groups is 1. The number of aromatic nitrogens is 2. The minimum atomic E-state index is 0.284. The number of nitrogens with one attached hydrogen (secondary N) is 2. The Morgan fingerprint density at radius 2 is 1.84 bits per heavy atom. The van der Waals surface area contributed by atoms with Gasteiger partial charge in [-0.3, -0.25) is 14.6 Å². The Morgan fingerprint density at radius 1 is 1.13 bits per heavy atom. The van der Waals surface area contributed by atoms with Gasteiger partial charge in [-0.1, -0.05) is 24.3 Å². The monoisotopic (exact) mass is 426 g/mol. The molecule has 1 aromatic heterocycles. The zero-order valence-corrected chi connectivity index (χ0v) is 19.7. The first-order valence-corrected chi connectivity index (χ1v) is 11.3. The van der Waals surface area contributed by atoms with Gasteiger partial charge in [0, 0.05) is 52.0 Å². The second-order valence-electron chi connectivity index (χ2n) is 8.58. The number of ether oxygens (including phenoxy) is 1. The summed E-state index contributed by atoms with van der Waals surface area (Å²) in [7, 11) is 1.82. The van der Waals surface area contributed by atoms with Crippen molar-refractivity contribution in [1.82, 2.24) is 25.3 Å².